The number of halogens is 9. The van der Waals surface area contributed by atoms with E-state index in [0.717, 1.165) is 12.1 Å². The Kier molecular flexibility index (Phi) is 6.26. The van der Waals surface area contributed by atoms with E-state index in [1.54, 1.807) is 0 Å². The van der Waals surface area contributed by atoms with Gasteiger partial charge in [0.05, 0.1) is 21.7 Å². The average molecular weight is 512 g/mol. The van der Waals surface area contributed by atoms with Crippen LogP contribution in [0.25, 0.3) is 5.69 Å². The number of nitrogens with one attached hydrogen (secondary N) is 1. The molecule has 0 aliphatic heterocycles. The minimum atomic E-state index is -5.18. The third-order valence-corrected chi connectivity index (χ3v) is 4.43. The van der Waals surface area contributed by atoms with Gasteiger partial charge in [-0.15, -0.1) is 0 Å². The van der Waals surface area contributed by atoms with E-state index in [-0.39, 0.29) is 12.1 Å². The third-order valence-electron chi connectivity index (χ3n) is 4.43. The highest BCUT2D eigenvalue weighted by atomic mass is 19.4. The summed E-state index contributed by atoms with van der Waals surface area (Å²) in [6.07, 6.45) is -14.9. The lowest BCUT2D eigenvalue weighted by Crippen LogP contribution is -2.26. The Hall–Kier alpha value is -4.11. The molecule has 3 rings (SSSR count). The normalized spacial score (nSPS) is 12.5. The maximum absolute atomic E-state index is 13.2. The molecular weight excluding hydrogens is 503 g/mol. The Balaban J connectivity index is 2.22. The fourth-order valence-corrected chi connectivity index (χ4v) is 2.85. The van der Waals surface area contributed by atoms with Gasteiger partial charge in [0.1, 0.15) is 5.69 Å². The summed E-state index contributed by atoms with van der Waals surface area (Å²) < 4.78 is 117. The van der Waals surface area contributed by atoms with E-state index in [1.165, 1.54) is 0 Å². The van der Waals surface area contributed by atoms with Gasteiger partial charge in [0.15, 0.2) is 5.69 Å². The van der Waals surface area contributed by atoms with Gasteiger partial charge >= 0.3 is 18.5 Å². The molecular formula is C19H9F9N4O3. The number of hydrogen-bond acceptors (Lipinski definition) is 5. The van der Waals surface area contributed by atoms with Gasteiger partial charge in [-0.25, -0.2) is 9.55 Å². The number of anilines is 2. The van der Waals surface area contributed by atoms with E-state index in [4.69, 9.17) is 0 Å². The van der Waals surface area contributed by atoms with Crippen LogP contribution in [-0.2, 0) is 18.5 Å². The van der Waals surface area contributed by atoms with Gasteiger partial charge < -0.3 is 5.32 Å². The predicted molar refractivity (Wildman–Crippen MR) is 101 cm³/mol. The number of aromatic nitrogens is 2. The van der Waals surface area contributed by atoms with Gasteiger partial charge in [-0.1, -0.05) is 0 Å². The predicted octanol–water partition coefficient (Wildman–Crippen LogP) is 5.94. The Morgan fingerprint density at radius 3 is 1.83 bits per heavy atom. The van der Waals surface area contributed by atoms with E-state index >= 15 is 0 Å². The Morgan fingerprint density at radius 1 is 0.800 bits per heavy atom. The lowest BCUT2D eigenvalue weighted by atomic mass is 10.1. The molecule has 35 heavy (non-hydrogen) atoms. The van der Waals surface area contributed by atoms with Crippen LogP contribution in [-0.4, -0.2) is 14.5 Å². The van der Waals surface area contributed by atoms with Crippen molar-refractivity contribution in [3.63, 3.8) is 0 Å². The molecule has 0 radical (unpaired) electrons. The molecule has 0 fully saturated rings. The first kappa shape index (κ1) is 25.5. The fourth-order valence-electron chi connectivity index (χ4n) is 2.85. The highest BCUT2D eigenvalue weighted by molar-refractivity contribution is 5.68. The highest BCUT2D eigenvalue weighted by Gasteiger charge is 2.36. The summed E-state index contributed by atoms with van der Waals surface area (Å²) in [6.45, 7) is 0. The Labute approximate surface area is 187 Å². The summed E-state index contributed by atoms with van der Waals surface area (Å²) in [5.41, 5.74) is -8.19. The van der Waals surface area contributed by atoms with Crippen LogP contribution in [0.2, 0.25) is 0 Å². The quantitative estimate of drug-likeness (QED) is 0.266. The van der Waals surface area contributed by atoms with Crippen LogP contribution in [0.1, 0.15) is 16.8 Å². The number of nitro benzene ring substituents is 1. The van der Waals surface area contributed by atoms with Crippen molar-refractivity contribution in [3.8, 4) is 5.69 Å². The van der Waals surface area contributed by atoms with Crippen LogP contribution in [0.3, 0.4) is 0 Å². The summed E-state index contributed by atoms with van der Waals surface area (Å²) in [7, 11) is 0. The molecule has 0 unspecified atom stereocenters. The van der Waals surface area contributed by atoms with Crippen molar-refractivity contribution in [2.45, 2.75) is 18.5 Å². The second kappa shape index (κ2) is 8.59. The molecule has 0 aliphatic carbocycles. The molecule has 16 heteroatoms. The molecule has 0 spiro atoms. The second-order valence-electron chi connectivity index (χ2n) is 6.79. The summed E-state index contributed by atoms with van der Waals surface area (Å²) in [5, 5.41) is 13.3. The lowest BCUT2D eigenvalue weighted by Gasteiger charge is -2.17. The zero-order valence-electron chi connectivity index (χ0n) is 16.6. The number of rotatable bonds is 4. The molecule has 3 aromatic rings. The monoisotopic (exact) mass is 512 g/mol. The molecule has 0 amide bonds. The molecule has 1 heterocycles. The van der Waals surface area contributed by atoms with Crippen molar-refractivity contribution in [3.05, 3.63) is 85.8 Å². The van der Waals surface area contributed by atoms with E-state index in [0.29, 0.717) is 28.8 Å². The minimum Gasteiger partial charge on any atom is -0.319 e. The van der Waals surface area contributed by atoms with Crippen molar-refractivity contribution in [1.29, 1.82) is 0 Å². The van der Waals surface area contributed by atoms with Crippen LogP contribution >= 0.6 is 0 Å². The van der Waals surface area contributed by atoms with Crippen molar-refractivity contribution in [1.82, 2.24) is 9.55 Å². The molecule has 2 aromatic carbocycles. The molecule has 7 nitrogen and oxygen atoms in total. The zero-order valence-corrected chi connectivity index (χ0v) is 16.6. The van der Waals surface area contributed by atoms with Crippen LogP contribution in [0.5, 0.6) is 0 Å². The topological polar surface area (TPSA) is 90.1 Å². The highest BCUT2D eigenvalue weighted by Crippen LogP contribution is 2.37. The Bertz CT molecular complexity index is 1330. The number of alkyl halides is 9. The smallest absolute Gasteiger partial charge is 0.319 e. The number of hydrogen-bond donors (Lipinski definition) is 1. The van der Waals surface area contributed by atoms with Gasteiger partial charge in [-0.2, -0.15) is 39.5 Å². The van der Waals surface area contributed by atoms with Crippen molar-refractivity contribution in [2.75, 3.05) is 5.32 Å². The number of nitrogens with zero attached hydrogens (tertiary/aromatic N) is 3. The summed E-state index contributed by atoms with van der Waals surface area (Å²) in [4.78, 5) is 25.7. The van der Waals surface area contributed by atoms with E-state index in [9.17, 15) is 54.4 Å². The largest absolute Gasteiger partial charge is 0.433 e. The second-order valence-corrected chi connectivity index (χ2v) is 6.79. The molecule has 0 bridgehead atoms. The van der Waals surface area contributed by atoms with Crippen molar-refractivity contribution in [2.24, 2.45) is 0 Å². The average Bonchev–Trinajstić information content (AvgIpc) is 2.71. The van der Waals surface area contributed by atoms with Crippen LogP contribution < -0.4 is 10.9 Å². The maximum Gasteiger partial charge on any atom is 0.433 e. The lowest BCUT2D eigenvalue weighted by molar-refractivity contribution is -0.384. The first-order chi connectivity index (χ1) is 16.0. The fraction of sp³-hybridized carbons (Fsp3) is 0.158. The zero-order chi connectivity index (χ0) is 26.3. The standard InChI is InChI=1S/C19H9F9N4O3/c20-17(21,22)9-1-4-11(5-2-9)31-15(33)8-14(19(26,27)28)30-16(31)29-12-6-3-10(18(23,24)25)7-13(12)32(34)35/h1-8H,(H,29,30). The molecule has 1 N–H and O–H groups in total. The van der Waals surface area contributed by atoms with Gasteiger partial charge in [0.2, 0.25) is 5.95 Å². The number of benzene rings is 2. The molecule has 0 saturated carbocycles. The SMILES string of the molecule is O=c1cc(C(F)(F)F)nc(Nc2ccc(C(F)(F)F)cc2[N+](=O)[O-])n1-c1ccc(C(F)(F)F)cc1. The molecule has 186 valence electrons. The molecule has 0 atom stereocenters. The third kappa shape index (κ3) is 5.52. The summed E-state index contributed by atoms with van der Waals surface area (Å²) in [6, 6.07) is 3.55. The van der Waals surface area contributed by atoms with Gasteiger partial charge in [0.25, 0.3) is 11.2 Å². The summed E-state index contributed by atoms with van der Waals surface area (Å²) >= 11 is 0. The maximum atomic E-state index is 13.2. The Morgan fingerprint density at radius 2 is 1.34 bits per heavy atom. The molecule has 0 saturated heterocycles. The number of nitro groups is 1. The van der Waals surface area contributed by atoms with Crippen LogP contribution in [0, 0.1) is 10.1 Å². The summed E-state index contributed by atoms with van der Waals surface area (Å²) in [5.74, 6) is -1.05. The first-order valence-electron chi connectivity index (χ1n) is 9.00. The van der Waals surface area contributed by atoms with E-state index in [1.807, 2.05) is 5.32 Å². The van der Waals surface area contributed by atoms with Gasteiger partial charge in [-0.3, -0.25) is 14.9 Å². The molecule has 0 aliphatic rings. The molecule has 1 aromatic heterocycles. The van der Waals surface area contributed by atoms with Crippen LogP contribution in [0.15, 0.2) is 53.3 Å². The van der Waals surface area contributed by atoms with E-state index in [2.05, 4.69) is 4.98 Å². The minimum absolute atomic E-state index is 0.0318. The van der Waals surface area contributed by atoms with Crippen molar-refractivity contribution >= 4 is 17.3 Å². The first-order valence-corrected chi connectivity index (χ1v) is 9.00. The van der Waals surface area contributed by atoms with Gasteiger partial charge in [0, 0.05) is 12.1 Å². The van der Waals surface area contributed by atoms with E-state index < -0.39 is 68.8 Å². The van der Waals surface area contributed by atoms with Gasteiger partial charge in [-0.05, 0) is 36.4 Å². The van der Waals surface area contributed by atoms with Crippen LogP contribution in [0.4, 0.5) is 56.8 Å². The van der Waals surface area contributed by atoms with Crippen molar-refractivity contribution < 1.29 is 44.4 Å².